The number of methoxy groups -OCH3 is 1. The lowest BCUT2D eigenvalue weighted by Crippen LogP contribution is -2.52. The van der Waals surface area contributed by atoms with Crippen molar-refractivity contribution < 1.29 is 19.1 Å². The number of likely N-dealkylation sites (tertiary alicyclic amines) is 1. The molecular formula is C26H30N4O4. The second kappa shape index (κ2) is 8.15. The van der Waals surface area contributed by atoms with E-state index < -0.39 is 12.1 Å². The van der Waals surface area contributed by atoms with E-state index >= 15 is 0 Å². The molecule has 2 N–H and O–H groups in total. The van der Waals surface area contributed by atoms with Crippen LogP contribution in [-0.2, 0) is 9.59 Å². The largest absolute Gasteiger partial charge is 0.496 e. The van der Waals surface area contributed by atoms with Crippen molar-refractivity contribution in [3.63, 3.8) is 0 Å². The van der Waals surface area contributed by atoms with Crippen molar-refractivity contribution in [1.29, 1.82) is 5.26 Å². The third kappa shape index (κ3) is 3.54. The van der Waals surface area contributed by atoms with Crippen molar-refractivity contribution in [3.8, 4) is 11.8 Å². The molecule has 2 aromatic rings. The lowest BCUT2D eigenvalue weighted by Gasteiger charge is -2.30. The van der Waals surface area contributed by atoms with Gasteiger partial charge < -0.3 is 19.9 Å². The van der Waals surface area contributed by atoms with Gasteiger partial charge in [0.25, 0.3) is 5.91 Å². The van der Waals surface area contributed by atoms with Crippen LogP contribution in [0.4, 0.5) is 0 Å². The van der Waals surface area contributed by atoms with E-state index in [0.29, 0.717) is 30.8 Å². The summed E-state index contributed by atoms with van der Waals surface area (Å²) in [5.41, 5.74) is 1.16. The molecule has 0 bridgehead atoms. The van der Waals surface area contributed by atoms with Gasteiger partial charge in [0, 0.05) is 29.8 Å². The number of Topliss-reactive ketones (excluding diaryl/α,β-unsaturated/α-hetero) is 1. The first kappa shape index (κ1) is 22.5. The minimum Gasteiger partial charge on any atom is -0.496 e. The van der Waals surface area contributed by atoms with Crippen molar-refractivity contribution in [3.05, 3.63) is 30.0 Å². The number of amides is 2. The van der Waals surface area contributed by atoms with Gasteiger partial charge in [-0.25, -0.2) is 0 Å². The van der Waals surface area contributed by atoms with Crippen LogP contribution in [0.1, 0.15) is 50.0 Å². The summed E-state index contributed by atoms with van der Waals surface area (Å²) >= 11 is 0. The maximum Gasteiger partial charge on any atom is 0.271 e. The van der Waals surface area contributed by atoms with E-state index in [1.807, 2.05) is 18.2 Å². The number of hydrogen-bond acceptors (Lipinski definition) is 5. The topological polar surface area (TPSA) is 115 Å². The van der Waals surface area contributed by atoms with Crippen LogP contribution in [-0.4, -0.2) is 53.2 Å². The molecule has 178 valence electrons. The van der Waals surface area contributed by atoms with Crippen molar-refractivity contribution in [1.82, 2.24) is 15.2 Å². The van der Waals surface area contributed by atoms with Gasteiger partial charge in [-0.05, 0) is 54.7 Å². The number of nitriles is 1. The molecule has 8 heteroatoms. The average molecular weight is 463 g/mol. The number of rotatable bonds is 6. The SMILES string of the molecule is COc1cccc2[nH]c(C(=O)N3C[C@H]4C(C3C(=O)N[C@H](C#N)C[C@@H]3CCCC3=O)C4(C)C)cc12. The van der Waals surface area contributed by atoms with Crippen LogP contribution < -0.4 is 10.1 Å². The lowest BCUT2D eigenvalue weighted by atomic mass is 9.96. The fourth-order valence-corrected chi connectivity index (χ4v) is 6.19. The minimum atomic E-state index is -0.741. The summed E-state index contributed by atoms with van der Waals surface area (Å²) in [7, 11) is 1.59. The number of carbonyl (C=O) groups is 3. The molecule has 0 spiro atoms. The second-order valence-electron chi connectivity index (χ2n) is 10.4. The van der Waals surface area contributed by atoms with Gasteiger partial charge in [-0.3, -0.25) is 14.4 Å². The summed E-state index contributed by atoms with van der Waals surface area (Å²) in [4.78, 5) is 43.8. The molecule has 2 aliphatic carbocycles. The third-order valence-corrected chi connectivity index (χ3v) is 8.24. The molecule has 1 aliphatic heterocycles. The highest BCUT2D eigenvalue weighted by Crippen LogP contribution is 2.65. The van der Waals surface area contributed by atoms with Crippen molar-refractivity contribution in [2.75, 3.05) is 13.7 Å². The Hall–Kier alpha value is -3.34. The number of nitrogens with zero attached hydrogens (tertiary/aromatic N) is 2. The maximum atomic E-state index is 13.5. The molecule has 2 unspecified atom stereocenters. The highest BCUT2D eigenvalue weighted by Gasteiger charge is 2.69. The van der Waals surface area contributed by atoms with Crippen molar-refractivity contribution >= 4 is 28.5 Å². The fourth-order valence-electron chi connectivity index (χ4n) is 6.19. The number of H-pyrrole nitrogens is 1. The lowest BCUT2D eigenvalue weighted by molar-refractivity contribution is -0.127. The van der Waals surface area contributed by atoms with Gasteiger partial charge in [0.2, 0.25) is 5.91 Å². The number of piperidine rings is 1. The normalized spacial score (nSPS) is 27.8. The Morgan fingerprint density at radius 1 is 1.38 bits per heavy atom. The zero-order valence-corrected chi connectivity index (χ0v) is 19.8. The second-order valence-corrected chi connectivity index (χ2v) is 10.4. The van der Waals surface area contributed by atoms with E-state index in [1.165, 1.54) is 0 Å². The van der Waals surface area contributed by atoms with Gasteiger partial charge in [-0.1, -0.05) is 19.9 Å². The predicted molar refractivity (Wildman–Crippen MR) is 125 cm³/mol. The van der Waals surface area contributed by atoms with Crippen LogP contribution in [0.15, 0.2) is 24.3 Å². The van der Waals surface area contributed by atoms with Gasteiger partial charge in [0.1, 0.15) is 29.3 Å². The zero-order chi connectivity index (χ0) is 24.2. The Bertz CT molecular complexity index is 1210. The summed E-state index contributed by atoms with van der Waals surface area (Å²) in [6, 6.07) is 8.11. The molecule has 1 saturated heterocycles. The number of aromatic amines is 1. The molecule has 3 fully saturated rings. The van der Waals surface area contributed by atoms with Crippen LogP contribution in [0.5, 0.6) is 5.75 Å². The van der Waals surface area contributed by atoms with Crippen LogP contribution in [0.25, 0.3) is 10.9 Å². The Morgan fingerprint density at radius 3 is 2.85 bits per heavy atom. The molecule has 5 rings (SSSR count). The molecule has 1 aromatic carbocycles. The molecule has 2 saturated carbocycles. The number of carbonyl (C=O) groups excluding carboxylic acids is 3. The van der Waals surface area contributed by atoms with E-state index in [-0.39, 0.29) is 40.8 Å². The van der Waals surface area contributed by atoms with Crippen LogP contribution in [0, 0.1) is 34.5 Å². The molecule has 3 aliphatic rings. The summed E-state index contributed by atoms with van der Waals surface area (Å²) in [5.74, 6) is 0.414. The standard InChI is InChI=1S/C26H30N4O4/c1-26(2)17-13-30(25(33)19-11-16-18(29-19)7-5-9-21(16)34-3)23(22(17)26)24(32)28-15(12-27)10-14-6-4-8-20(14)31/h5,7,9,11,14-15,17,22-23,29H,4,6,8,10,13H2,1-3H3,(H,28,32)/t14-,15-,17-,22?,23?/m0/s1. The van der Waals surface area contributed by atoms with Crippen molar-refractivity contribution in [2.24, 2.45) is 23.2 Å². The fraction of sp³-hybridized carbons (Fsp3) is 0.538. The van der Waals surface area contributed by atoms with Crippen LogP contribution in [0.2, 0.25) is 0 Å². The molecule has 0 radical (unpaired) electrons. The molecule has 1 aromatic heterocycles. The summed E-state index contributed by atoms with van der Waals surface area (Å²) < 4.78 is 5.41. The first-order chi connectivity index (χ1) is 16.3. The van der Waals surface area contributed by atoms with Gasteiger partial charge in [0.05, 0.1) is 13.2 Å². The van der Waals surface area contributed by atoms with Crippen LogP contribution in [0.3, 0.4) is 0 Å². The molecule has 34 heavy (non-hydrogen) atoms. The summed E-state index contributed by atoms with van der Waals surface area (Å²) in [6.45, 7) is 4.74. The number of aromatic nitrogens is 1. The number of benzene rings is 1. The van der Waals surface area contributed by atoms with Crippen LogP contribution >= 0.6 is 0 Å². The molecular weight excluding hydrogens is 432 g/mol. The predicted octanol–water partition coefficient (Wildman–Crippen LogP) is 3.04. The Kier molecular flexibility index (Phi) is 5.38. The number of hydrogen-bond donors (Lipinski definition) is 2. The number of fused-ring (bicyclic) bond motifs is 2. The van der Waals surface area contributed by atoms with E-state index in [9.17, 15) is 19.6 Å². The molecule has 8 nitrogen and oxygen atoms in total. The van der Waals surface area contributed by atoms with Gasteiger partial charge in [-0.15, -0.1) is 0 Å². The smallest absolute Gasteiger partial charge is 0.271 e. The molecule has 2 amide bonds. The minimum absolute atomic E-state index is 0.0357. The van der Waals surface area contributed by atoms with Gasteiger partial charge >= 0.3 is 0 Å². The Labute approximate surface area is 198 Å². The van der Waals surface area contributed by atoms with E-state index in [1.54, 1.807) is 18.1 Å². The number of ketones is 1. The number of nitrogens with one attached hydrogen (secondary N) is 2. The zero-order valence-electron chi connectivity index (χ0n) is 19.8. The molecule has 2 heterocycles. The quantitative estimate of drug-likeness (QED) is 0.685. The summed E-state index contributed by atoms with van der Waals surface area (Å²) in [6.07, 6.45) is 2.49. The van der Waals surface area contributed by atoms with Gasteiger partial charge in [-0.2, -0.15) is 5.26 Å². The van der Waals surface area contributed by atoms with Crippen molar-refractivity contribution in [2.45, 2.75) is 51.6 Å². The molecule has 5 atom stereocenters. The van der Waals surface area contributed by atoms with E-state index in [0.717, 1.165) is 23.7 Å². The maximum absolute atomic E-state index is 13.5. The Balaban J connectivity index is 1.37. The van der Waals surface area contributed by atoms with E-state index in [2.05, 4.69) is 30.2 Å². The third-order valence-electron chi connectivity index (χ3n) is 8.24. The van der Waals surface area contributed by atoms with E-state index in [4.69, 9.17) is 4.74 Å². The average Bonchev–Trinajstić information content (AvgIpc) is 3.33. The highest BCUT2D eigenvalue weighted by molar-refractivity contribution is 6.02. The van der Waals surface area contributed by atoms with Gasteiger partial charge in [0.15, 0.2) is 0 Å². The highest BCUT2D eigenvalue weighted by atomic mass is 16.5. The Morgan fingerprint density at radius 2 is 2.18 bits per heavy atom. The number of ether oxygens (including phenoxy) is 1. The summed E-state index contributed by atoms with van der Waals surface area (Å²) in [5, 5.41) is 13.3. The first-order valence-electron chi connectivity index (χ1n) is 12.0. The first-order valence-corrected chi connectivity index (χ1v) is 12.0. The monoisotopic (exact) mass is 462 g/mol.